The van der Waals surface area contributed by atoms with Crippen molar-refractivity contribution in [2.45, 2.75) is 59.5 Å². The minimum Gasteiger partial charge on any atom is -0.399 e. The molecule has 0 amide bonds. The lowest BCUT2D eigenvalue weighted by atomic mass is 9.85. The van der Waals surface area contributed by atoms with Crippen molar-refractivity contribution in [3.8, 4) is 0 Å². The highest BCUT2D eigenvalue weighted by atomic mass is 19.4. The molecule has 0 aromatic heterocycles. The first-order valence-electron chi connectivity index (χ1n) is 8.78. The molecule has 0 heterocycles. The van der Waals surface area contributed by atoms with E-state index in [2.05, 4.69) is 0 Å². The maximum atomic E-state index is 14.1. The molecule has 0 radical (unpaired) electrons. The zero-order valence-corrected chi connectivity index (χ0v) is 17.3. The number of alkyl halides is 21. The monoisotopic (exact) mass is 626 g/mol. The fourth-order valence-electron chi connectivity index (χ4n) is 2.59. The summed E-state index contributed by atoms with van der Waals surface area (Å²) in [5.41, 5.74) is 4.58. The summed E-state index contributed by atoms with van der Waals surface area (Å²) in [4.78, 5) is 0. The third-order valence-electron chi connectivity index (χ3n) is 4.92. The van der Waals surface area contributed by atoms with E-state index in [0.717, 1.165) is 0 Å². The number of hydrogen-bond acceptors (Lipinski definition) is 2. The maximum Gasteiger partial charge on any atom is 0.460 e. The van der Waals surface area contributed by atoms with Crippen LogP contribution in [0.15, 0.2) is 18.2 Å². The number of nitrogen functional groups attached to an aromatic ring is 2. The van der Waals surface area contributed by atoms with E-state index < -0.39 is 82.5 Å². The Morgan fingerprint density at radius 1 is 0.385 bits per heavy atom. The average molecular weight is 626 g/mol. The van der Waals surface area contributed by atoms with Gasteiger partial charge in [-0.2, -0.15) is 92.2 Å². The fourth-order valence-corrected chi connectivity index (χ4v) is 2.59. The van der Waals surface area contributed by atoms with E-state index in [0.29, 0.717) is 0 Å². The molecule has 0 unspecified atom stereocenters. The van der Waals surface area contributed by atoms with Crippen molar-refractivity contribution in [3.63, 3.8) is 0 Å². The molecule has 228 valence electrons. The summed E-state index contributed by atoms with van der Waals surface area (Å²) in [7, 11) is 0. The minimum atomic E-state index is -9.21. The van der Waals surface area contributed by atoms with Gasteiger partial charge in [0.15, 0.2) is 0 Å². The van der Waals surface area contributed by atoms with Crippen LogP contribution in [-0.4, -0.2) is 53.6 Å². The maximum absolute atomic E-state index is 14.1. The second kappa shape index (κ2) is 8.67. The second-order valence-electron chi connectivity index (χ2n) is 7.51. The molecule has 2 nitrogen and oxygen atoms in total. The highest BCUT2D eigenvalue weighted by Crippen LogP contribution is 2.67. The topological polar surface area (TPSA) is 52.0 Å². The van der Waals surface area contributed by atoms with Crippen LogP contribution >= 0.6 is 0 Å². The standard InChI is InChI=1S/C16H7F21N2/c17-7(18,5-2-1-4(38)3-6(5)39)8(19,20)9(21,22)10(23,24)11(25,26)12(27,28)13(29,30)14(31,32)15(33,34)16(35,36)37/h1-3H,38-39H2. The van der Waals surface area contributed by atoms with Crippen LogP contribution in [0, 0.1) is 0 Å². The third kappa shape index (κ3) is 4.15. The van der Waals surface area contributed by atoms with Gasteiger partial charge < -0.3 is 11.5 Å². The van der Waals surface area contributed by atoms with Crippen LogP contribution in [-0.2, 0) is 5.92 Å². The molecule has 0 fully saturated rings. The second-order valence-corrected chi connectivity index (χ2v) is 7.51. The van der Waals surface area contributed by atoms with E-state index in [1.807, 2.05) is 0 Å². The number of hydrogen-bond donors (Lipinski definition) is 2. The van der Waals surface area contributed by atoms with Crippen LogP contribution in [0.4, 0.5) is 104 Å². The van der Waals surface area contributed by atoms with Gasteiger partial charge in [-0.15, -0.1) is 0 Å². The molecule has 39 heavy (non-hydrogen) atoms. The largest absolute Gasteiger partial charge is 0.460 e. The van der Waals surface area contributed by atoms with Gasteiger partial charge in [0, 0.05) is 11.4 Å². The van der Waals surface area contributed by atoms with Crippen LogP contribution in [0.5, 0.6) is 0 Å². The highest BCUT2D eigenvalue weighted by Gasteiger charge is 2.97. The third-order valence-corrected chi connectivity index (χ3v) is 4.92. The predicted molar refractivity (Wildman–Crippen MR) is 84.8 cm³/mol. The van der Waals surface area contributed by atoms with Gasteiger partial charge in [0.25, 0.3) is 0 Å². The van der Waals surface area contributed by atoms with Crippen molar-refractivity contribution in [3.05, 3.63) is 23.8 Å². The number of benzene rings is 1. The zero-order chi connectivity index (χ0) is 31.9. The molecular formula is C16H7F21N2. The van der Waals surface area contributed by atoms with E-state index in [-0.39, 0.29) is 12.1 Å². The molecule has 1 aromatic rings. The molecule has 0 saturated heterocycles. The summed E-state index contributed by atoms with van der Waals surface area (Å²) in [6, 6.07) is -0.215. The molecule has 23 heteroatoms. The first-order valence-corrected chi connectivity index (χ1v) is 8.78. The number of nitrogens with two attached hydrogens (primary N) is 2. The summed E-state index contributed by atoms with van der Waals surface area (Å²) in [5.74, 6) is -77.6. The van der Waals surface area contributed by atoms with Gasteiger partial charge in [-0.25, -0.2) is 0 Å². The number of rotatable bonds is 9. The Morgan fingerprint density at radius 2 is 0.667 bits per heavy atom. The van der Waals surface area contributed by atoms with E-state index in [1.54, 1.807) is 0 Å². The Bertz CT molecular complexity index is 1070. The molecule has 0 spiro atoms. The first kappa shape index (κ1) is 34.4. The molecule has 0 aliphatic rings. The van der Waals surface area contributed by atoms with Crippen molar-refractivity contribution >= 4 is 11.4 Å². The van der Waals surface area contributed by atoms with Crippen LogP contribution in [0.25, 0.3) is 0 Å². The molecular weight excluding hydrogens is 619 g/mol. The summed E-state index contributed by atoms with van der Waals surface area (Å²) in [6.07, 6.45) is -8.02. The summed E-state index contributed by atoms with van der Waals surface area (Å²) < 4.78 is 281. The van der Waals surface area contributed by atoms with Gasteiger partial charge in [-0.05, 0) is 18.2 Å². The molecule has 1 rings (SSSR count). The van der Waals surface area contributed by atoms with Gasteiger partial charge in [0.05, 0.1) is 5.56 Å². The van der Waals surface area contributed by atoms with Crippen molar-refractivity contribution in [1.29, 1.82) is 0 Å². The molecule has 0 atom stereocenters. The lowest BCUT2D eigenvalue weighted by Gasteiger charge is -2.44. The summed E-state index contributed by atoms with van der Waals surface area (Å²) in [6.45, 7) is 0. The van der Waals surface area contributed by atoms with E-state index in [1.165, 1.54) is 0 Å². The van der Waals surface area contributed by atoms with Crippen LogP contribution in [0.2, 0.25) is 0 Å². The number of anilines is 2. The van der Waals surface area contributed by atoms with E-state index >= 15 is 0 Å². The SMILES string of the molecule is Nc1ccc(C(F)(F)C(F)(F)C(F)(F)C(F)(F)C(F)(F)C(F)(F)C(F)(F)C(F)(F)C(F)(F)C(F)(F)F)c(N)c1. The van der Waals surface area contributed by atoms with Gasteiger partial charge in [-0.3, -0.25) is 0 Å². The van der Waals surface area contributed by atoms with Crippen molar-refractivity contribution in [2.24, 2.45) is 0 Å². The molecule has 0 bridgehead atoms. The molecule has 0 saturated carbocycles. The van der Waals surface area contributed by atoms with Gasteiger partial charge in [0.1, 0.15) is 0 Å². The number of halogens is 21. The summed E-state index contributed by atoms with van der Waals surface area (Å²) in [5, 5.41) is 0. The van der Waals surface area contributed by atoms with Crippen LogP contribution in [0.1, 0.15) is 5.56 Å². The van der Waals surface area contributed by atoms with Crippen molar-refractivity contribution in [2.75, 3.05) is 11.5 Å². The average Bonchev–Trinajstić information content (AvgIpc) is 2.71. The first-order chi connectivity index (χ1) is 16.7. The quantitative estimate of drug-likeness (QED) is 0.219. The molecule has 0 aliphatic heterocycles. The Morgan fingerprint density at radius 3 is 0.949 bits per heavy atom. The minimum absolute atomic E-state index is 0.0574. The molecule has 0 aliphatic carbocycles. The Hall–Kier alpha value is -2.65. The summed E-state index contributed by atoms with van der Waals surface area (Å²) >= 11 is 0. The van der Waals surface area contributed by atoms with Crippen LogP contribution < -0.4 is 11.5 Å². The predicted octanol–water partition coefficient (Wildman–Crippen LogP) is 7.59. The van der Waals surface area contributed by atoms with Crippen molar-refractivity contribution in [1.82, 2.24) is 0 Å². The van der Waals surface area contributed by atoms with Crippen LogP contribution in [0.3, 0.4) is 0 Å². The fraction of sp³-hybridized carbons (Fsp3) is 0.625. The lowest BCUT2D eigenvalue weighted by Crippen LogP contribution is -2.76. The zero-order valence-electron chi connectivity index (χ0n) is 17.3. The normalized spacial score (nSPS) is 16.0. The van der Waals surface area contributed by atoms with Crippen molar-refractivity contribution < 1.29 is 92.2 Å². The van der Waals surface area contributed by atoms with E-state index in [4.69, 9.17) is 11.5 Å². The van der Waals surface area contributed by atoms with Gasteiger partial charge >= 0.3 is 59.5 Å². The lowest BCUT2D eigenvalue weighted by molar-refractivity contribution is -0.474. The Labute approximate surface area is 199 Å². The van der Waals surface area contributed by atoms with Gasteiger partial charge in [0.2, 0.25) is 0 Å². The smallest absolute Gasteiger partial charge is 0.399 e. The molecule has 4 N–H and O–H groups in total. The Kier molecular flexibility index (Phi) is 7.64. The van der Waals surface area contributed by atoms with E-state index in [9.17, 15) is 92.2 Å². The molecule has 1 aromatic carbocycles. The van der Waals surface area contributed by atoms with Gasteiger partial charge in [-0.1, -0.05) is 0 Å². The highest BCUT2D eigenvalue weighted by molar-refractivity contribution is 5.58. The Balaban J connectivity index is 3.86.